The predicted molar refractivity (Wildman–Crippen MR) is 106 cm³/mol. The van der Waals surface area contributed by atoms with Crippen molar-refractivity contribution in [1.82, 2.24) is 25.3 Å². The monoisotopic (exact) mass is 395 g/mol. The minimum absolute atomic E-state index is 0.0500. The van der Waals surface area contributed by atoms with Crippen molar-refractivity contribution in [1.29, 1.82) is 0 Å². The van der Waals surface area contributed by atoms with Gasteiger partial charge in [-0.05, 0) is 0 Å². The summed E-state index contributed by atoms with van der Waals surface area (Å²) < 4.78 is 11.3. The molecule has 0 unspecified atom stereocenters. The first kappa shape index (κ1) is 19.3. The molecule has 1 amide bonds. The van der Waals surface area contributed by atoms with Gasteiger partial charge >= 0.3 is 0 Å². The first-order chi connectivity index (χ1) is 14.1. The summed E-state index contributed by atoms with van der Waals surface area (Å²) in [5, 5.41) is 15.5. The third-order valence-corrected chi connectivity index (χ3v) is 5.31. The fourth-order valence-electron chi connectivity index (χ4n) is 3.77. The van der Waals surface area contributed by atoms with Crippen LogP contribution in [-0.2, 0) is 4.74 Å². The van der Waals surface area contributed by atoms with Gasteiger partial charge in [0.2, 0.25) is 11.8 Å². The number of aromatic nitrogens is 4. The average Bonchev–Trinajstić information content (AvgIpc) is 3.47. The lowest BCUT2D eigenvalue weighted by molar-refractivity contribution is 0.0776. The summed E-state index contributed by atoms with van der Waals surface area (Å²) in [7, 11) is 1.67. The molecule has 8 nitrogen and oxygen atoms in total. The van der Waals surface area contributed by atoms with E-state index in [1.165, 1.54) is 0 Å². The van der Waals surface area contributed by atoms with Crippen molar-refractivity contribution in [3.8, 4) is 11.3 Å². The Morgan fingerprint density at radius 2 is 2.07 bits per heavy atom. The van der Waals surface area contributed by atoms with Crippen LogP contribution in [0.25, 0.3) is 11.3 Å². The molecule has 1 aliphatic heterocycles. The van der Waals surface area contributed by atoms with Gasteiger partial charge in [0.1, 0.15) is 0 Å². The van der Waals surface area contributed by atoms with Crippen molar-refractivity contribution in [2.75, 3.05) is 26.8 Å². The molecule has 0 spiro atoms. The second-order valence-corrected chi connectivity index (χ2v) is 7.69. The van der Waals surface area contributed by atoms with Crippen molar-refractivity contribution < 1.29 is 13.9 Å². The van der Waals surface area contributed by atoms with Gasteiger partial charge in [-0.25, -0.2) is 0 Å². The number of methoxy groups -OCH3 is 1. The van der Waals surface area contributed by atoms with Crippen LogP contribution in [0.15, 0.2) is 40.9 Å². The third kappa shape index (κ3) is 3.80. The van der Waals surface area contributed by atoms with E-state index in [0.717, 1.165) is 11.3 Å². The van der Waals surface area contributed by atoms with Crippen LogP contribution in [-0.4, -0.2) is 58.0 Å². The molecule has 0 radical (unpaired) electrons. The Kier molecular flexibility index (Phi) is 5.44. The highest BCUT2D eigenvalue weighted by Crippen LogP contribution is 2.34. The molecular formula is C21H25N5O3. The molecule has 29 heavy (non-hydrogen) atoms. The van der Waals surface area contributed by atoms with E-state index in [9.17, 15) is 4.79 Å². The van der Waals surface area contributed by atoms with Crippen LogP contribution in [0.4, 0.5) is 0 Å². The number of hydrogen-bond acceptors (Lipinski definition) is 6. The van der Waals surface area contributed by atoms with Gasteiger partial charge in [0.15, 0.2) is 0 Å². The number of nitrogens with zero attached hydrogens (tertiary/aromatic N) is 4. The topological polar surface area (TPSA) is 97.1 Å². The van der Waals surface area contributed by atoms with E-state index in [0.29, 0.717) is 37.0 Å². The molecule has 0 bridgehead atoms. The van der Waals surface area contributed by atoms with Crippen molar-refractivity contribution in [2.24, 2.45) is 5.92 Å². The predicted octanol–water partition coefficient (Wildman–Crippen LogP) is 3.09. The molecule has 1 aromatic carbocycles. The minimum atomic E-state index is -0.0650. The number of likely N-dealkylation sites (tertiary alicyclic amines) is 1. The second-order valence-electron chi connectivity index (χ2n) is 7.69. The van der Waals surface area contributed by atoms with E-state index in [-0.39, 0.29) is 23.7 Å². The number of hydrogen-bond donors (Lipinski definition) is 1. The quantitative estimate of drug-likeness (QED) is 0.689. The van der Waals surface area contributed by atoms with Crippen LogP contribution in [0.3, 0.4) is 0 Å². The van der Waals surface area contributed by atoms with Crippen LogP contribution in [0.2, 0.25) is 0 Å². The second kappa shape index (κ2) is 8.16. The maximum atomic E-state index is 13.3. The zero-order valence-corrected chi connectivity index (χ0v) is 16.8. The van der Waals surface area contributed by atoms with Gasteiger partial charge in [-0.3, -0.25) is 9.89 Å². The SMILES string of the molecule is COC[C@@H]1CN(C(=O)c2cn[nH]c2-c2ccccc2)C[C@H]1c1nnc(C(C)C)o1. The number of aromatic amines is 1. The molecule has 4 rings (SSSR count). The normalized spacial score (nSPS) is 19.2. The van der Waals surface area contributed by atoms with E-state index in [2.05, 4.69) is 20.4 Å². The maximum Gasteiger partial charge on any atom is 0.257 e. The first-order valence-electron chi connectivity index (χ1n) is 9.78. The van der Waals surface area contributed by atoms with Crippen LogP contribution >= 0.6 is 0 Å². The molecule has 1 saturated heterocycles. The number of H-pyrrole nitrogens is 1. The molecule has 2 atom stereocenters. The Labute approximate surface area is 169 Å². The molecule has 1 aliphatic rings. The zero-order valence-electron chi connectivity index (χ0n) is 16.8. The zero-order chi connectivity index (χ0) is 20.4. The Balaban J connectivity index is 1.58. The van der Waals surface area contributed by atoms with Crippen LogP contribution < -0.4 is 0 Å². The van der Waals surface area contributed by atoms with Gasteiger partial charge in [-0.15, -0.1) is 10.2 Å². The number of ether oxygens (including phenoxy) is 1. The maximum absolute atomic E-state index is 13.3. The number of carbonyl (C=O) groups excluding carboxylic acids is 1. The average molecular weight is 395 g/mol. The number of rotatable bonds is 6. The van der Waals surface area contributed by atoms with Gasteiger partial charge in [-0.2, -0.15) is 5.10 Å². The number of nitrogens with one attached hydrogen (secondary N) is 1. The van der Waals surface area contributed by atoms with Gasteiger partial charge in [-0.1, -0.05) is 44.2 Å². The summed E-state index contributed by atoms with van der Waals surface area (Å²) in [5.74, 6) is 1.33. The summed E-state index contributed by atoms with van der Waals surface area (Å²) in [6.07, 6.45) is 1.59. The van der Waals surface area contributed by atoms with Gasteiger partial charge in [0.25, 0.3) is 5.91 Å². The molecule has 0 aliphatic carbocycles. The van der Waals surface area contributed by atoms with Gasteiger partial charge in [0, 0.05) is 37.6 Å². The van der Waals surface area contributed by atoms with Crippen LogP contribution in [0, 0.1) is 5.92 Å². The summed E-state index contributed by atoms with van der Waals surface area (Å²) in [4.78, 5) is 15.1. The van der Waals surface area contributed by atoms with Crippen molar-refractivity contribution in [2.45, 2.75) is 25.7 Å². The molecule has 3 aromatic rings. The molecular weight excluding hydrogens is 370 g/mol. The highest BCUT2D eigenvalue weighted by atomic mass is 16.5. The molecule has 3 heterocycles. The lowest BCUT2D eigenvalue weighted by Gasteiger charge is -2.16. The lowest BCUT2D eigenvalue weighted by atomic mass is 9.97. The standard InChI is InChI=1S/C21H25N5O3/c1-13(2)19-24-25-20(29-19)17-11-26(10-15(17)12-28-3)21(27)16-9-22-23-18(16)14-7-5-4-6-8-14/h4-9,13,15,17H,10-12H2,1-3H3,(H,22,23)/t15-,17+/m0/s1. The Hall–Kier alpha value is -3.00. The Morgan fingerprint density at radius 3 is 2.76 bits per heavy atom. The van der Waals surface area contributed by atoms with Crippen molar-refractivity contribution in [3.05, 3.63) is 53.9 Å². The summed E-state index contributed by atoms with van der Waals surface area (Å²) in [5.41, 5.74) is 2.21. The van der Waals surface area contributed by atoms with E-state index in [1.54, 1.807) is 13.3 Å². The molecule has 0 saturated carbocycles. The fourth-order valence-corrected chi connectivity index (χ4v) is 3.77. The number of benzene rings is 1. The Bertz CT molecular complexity index is 966. The Morgan fingerprint density at radius 1 is 1.28 bits per heavy atom. The summed E-state index contributed by atoms with van der Waals surface area (Å²) in [6, 6.07) is 9.73. The van der Waals surface area contributed by atoms with E-state index < -0.39 is 0 Å². The van der Waals surface area contributed by atoms with Gasteiger partial charge in [0.05, 0.1) is 30.0 Å². The van der Waals surface area contributed by atoms with Gasteiger partial charge < -0.3 is 14.1 Å². The molecule has 152 valence electrons. The van der Waals surface area contributed by atoms with E-state index in [1.807, 2.05) is 49.1 Å². The lowest BCUT2D eigenvalue weighted by Crippen LogP contribution is -2.29. The van der Waals surface area contributed by atoms with E-state index >= 15 is 0 Å². The third-order valence-electron chi connectivity index (χ3n) is 5.31. The summed E-state index contributed by atoms with van der Waals surface area (Å²) >= 11 is 0. The first-order valence-corrected chi connectivity index (χ1v) is 9.78. The van der Waals surface area contributed by atoms with Crippen molar-refractivity contribution >= 4 is 5.91 Å². The minimum Gasteiger partial charge on any atom is -0.425 e. The molecule has 1 N–H and O–H groups in total. The molecule has 2 aromatic heterocycles. The smallest absolute Gasteiger partial charge is 0.257 e. The summed E-state index contributed by atoms with van der Waals surface area (Å²) in [6.45, 7) is 5.61. The largest absolute Gasteiger partial charge is 0.425 e. The molecule has 1 fully saturated rings. The highest BCUT2D eigenvalue weighted by molar-refractivity contribution is 5.99. The van der Waals surface area contributed by atoms with Crippen LogP contribution in [0.1, 0.15) is 47.8 Å². The number of amides is 1. The molecule has 8 heteroatoms. The fraction of sp³-hybridized carbons (Fsp3) is 0.429. The highest BCUT2D eigenvalue weighted by Gasteiger charge is 2.40. The number of carbonyl (C=O) groups is 1. The van der Waals surface area contributed by atoms with Crippen LogP contribution in [0.5, 0.6) is 0 Å². The van der Waals surface area contributed by atoms with Crippen molar-refractivity contribution in [3.63, 3.8) is 0 Å². The van der Waals surface area contributed by atoms with E-state index in [4.69, 9.17) is 9.15 Å².